The quantitative estimate of drug-likeness (QED) is 0.0723. The van der Waals surface area contributed by atoms with Crippen LogP contribution in [0, 0.1) is 0 Å². The summed E-state index contributed by atoms with van der Waals surface area (Å²) in [6, 6.07) is 62.7. The summed E-state index contributed by atoms with van der Waals surface area (Å²) >= 11 is 0. The fourth-order valence-electron chi connectivity index (χ4n) is 9.09. The molecule has 1 saturated heterocycles. The Morgan fingerprint density at radius 3 is 1.14 bits per heavy atom. The lowest BCUT2D eigenvalue weighted by molar-refractivity contribution is -0.136. The van der Waals surface area contributed by atoms with Crippen molar-refractivity contribution in [2.45, 2.75) is 62.1 Å². The first-order valence-corrected chi connectivity index (χ1v) is 22.2. The molecule has 0 aromatic heterocycles. The zero-order valence-corrected chi connectivity index (χ0v) is 35.4. The highest BCUT2D eigenvalue weighted by Crippen LogP contribution is 2.51. The molecular formula is C51H55BO5Si. The lowest BCUT2D eigenvalue weighted by Gasteiger charge is -2.46. The Hall–Kier alpha value is -4.86. The fraction of sp³-hybridized carbons (Fsp3) is 0.255. The van der Waals surface area contributed by atoms with Crippen LogP contribution in [0.2, 0.25) is 5.04 Å². The molecule has 1 fully saturated rings. The zero-order valence-electron chi connectivity index (χ0n) is 34.4. The van der Waals surface area contributed by atoms with Crippen LogP contribution in [-0.4, -0.2) is 48.5 Å². The van der Waals surface area contributed by atoms with Gasteiger partial charge < -0.3 is 23.2 Å². The van der Waals surface area contributed by atoms with Crippen LogP contribution < -0.4 is 10.4 Å². The van der Waals surface area contributed by atoms with Crippen molar-refractivity contribution >= 4 is 25.8 Å². The lowest BCUT2D eigenvalue weighted by Crippen LogP contribution is -2.66. The van der Waals surface area contributed by atoms with E-state index in [2.05, 4.69) is 137 Å². The number of hydrogen-bond donors (Lipinski definition) is 0. The summed E-state index contributed by atoms with van der Waals surface area (Å²) in [4.78, 5) is 0. The second-order valence-corrected chi connectivity index (χ2v) is 20.4. The molecule has 0 aliphatic carbocycles. The van der Waals surface area contributed by atoms with Crippen LogP contribution in [0.4, 0.5) is 0 Å². The number of allylic oxidation sites excluding steroid dienone is 1. The normalized spacial score (nSPS) is 16.3. The molecule has 6 aromatic carbocycles. The molecule has 5 nitrogen and oxygen atoms in total. The number of rotatable bonds is 16. The third-order valence-corrected chi connectivity index (χ3v) is 16.8. The van der Waals surface area contributed by atoms with Crippen LogP contribution >= 0.6 is 0 Å². The van der Waals surface area contributed by atoms with Crippen molar-refractivity contribution in [2.75, 3.05) is 20.8 Å². The minimum absolute atomic E-state index is 0.123. The lowest BCUT2D eigenvalue weighted by atomic mass is 9.71. The van der Waals surface area contributed by atoms with E-state index in [9.17, 15) is 0 Å². The molecule has 296 valence electrons. The van der Waals surface area contributed by atoms with Crippen molar-refractivity contribution in [3.63, 3.8) is 0 Å². The highest BCUT2D eigenvalue weighted by Gasteiger charge is 2.62. The molecule has 2 atom stereocenters. The number of hydrogen-bond acceptors (Lipinski definition) is 5. The molecule has 0 unspecified atom stereocenters. The first kappa shape index (κ1) is 41.3. The zero-order chi connectivity index (χ0) is 40.6. The Morgan fingerprint density at radius 1 is 0.534 bits per heavy atom. The van der Waals surface area contributed by atoms with Crippen LogP contribution in [0.3, 0.4) is 0 Å². The molecule has 0 saturated carbocycles. The maximum absolute atomic E-state index is 7.28. The van der Waals surface area contributed by atoms with Gasteiger partial charge in [0.05, 0.1) is 0 Å². The molecular weight excluding hydrogens is 731 g/mol. The monoisotopic (exact) mass is 786 g/mol. The highest BCUT2D eigenvalue weighted by molar-refractivity contribution is 6.99. The second-order valence-electron chi connectivity index (χ2n) is 16.1. The maximum atomic E-state index is 7.28. The van der Waals surface area contributed by atoms with Crippen LogP contribution in [0.15, 0.2) is 194 Å². The summed E-state index contributed by atoms with van der Waals surface area (Å²) in [7, 11) is 0.0413. The summed E-state index contributed by atoms with van der Waals surface area (Å²) < 4.78 is 35.5. The van der Waals surface area contributed by atoms with Crippen molar-refractivity contribution < 1.29 is 23.2 Å². The van der Waals surface area contributed by atoms with Gasteiger partial charge in [0.15, 0.2) is 0 Å². The van der Waals surface area contributed by atoms with E-state index in [-0.39, 0.29) is 5.04 Å². The van der Waals surface area contributed by atoms with Gasteiger partial charge in [-0.1, -0.05) is 203 Å². The standard InChI is InChI=1S/C51H55BO5Si/c1-40(26-25-39-55-58(49(2,3)4,45-35-21-11-22-36-45)46-37-23-12-24-38-46)52-56-47(50(53-5,41-27-13-7-14-28-41)42-29-15-8-16-30-42)48(57-52)51(54-6,43-31-17-9-18-32-43)44-33-19-10-20-34-44/h7-24,27-38,47-48H,1,25-26,39H2,2-6H3/t47-,48-/m1/s1. The highest BCUT2D eigenvalue weighted by atomic mass is 28.4. The molecule has 0 N–H and O–H groups in total. The van der Waals surface area contributed by atoms with Gasteiger partial charge in [-0.05, 0) is 56.0 Å². The fourth-order valence-corrected chi connectivity index (χ4v) is 13.7. The van der Waals surface area contributed by atoms with E-state index < -0.39 is 38.8 Å². The van der Waals surface area contributed by atoms with E-state index in [4.69, 9.17) is 23.2 Å². The van der Waals surface area contributed by atoms with Gasteiger partial charge in [0.2, 0.25) is 0 Å². The van der Waals surface area contributed by atoms with Crippen molar-refractivity contribution in [3.8, 4) is 0 Å². The minimum atomic E-state index is -2.71. The van der Waals surface area contributed by atoms with Crippen LogP contribution in [0.25, 0.3) is 0 Å². The molecule has 0 bridgehead atoms. The van der Waals surface area contributed by atoms with Gasteiger partial charge in [-0.15, -0.1) is 6.58 Å². The van der Waals surface area contributed by atoms with Crippen LogP contribution in [0.1, 0.15) is 55.9 Å². The summed E-state index contributed by atoms with van der Waals surface area (Å²) in [6.07, 6.45) is -0.0209. The number of benzene rings is 6. The van der Waals surface area contributed by atoms with E-state index in [0.29, 0.717) is 13.0 Å². The molecule has 1 heterocycles. The molecule has 0 radical (unpaired) electrons. The van der Waals surface area contributed by atoms with E-state index in [1.165, 1.54) is 10.4 Å². The van der Waals surface area contributed by atoms with E-state index in [0.717, 1.165) is 34.1 Å². The Morgan fingerprint density at radius 2 is 0.845 bits per heavy atom. The topological polar surface area (TPSA) is 46.2 Å². The van der Waals surface area contributed by atoms with Gasteiger partial charge in [0.25, 0.3) is 8.32 Å². The van der Waals surface area contributed by atoms with Gasteiger partial charge in [0.1, 0.15) is 23.4 Å². The largest absolute Gasteiger partial charge is 0.489 e. The Balaban J connectivity index is 1.27. The first-order valence-electron chi connectivity index (χ1n) is 20.3. The van der Waals surface area contributed by atoms with Gasteiger partial charge in [-0.3, -0.25) is 0 Å². The van der Waals surface area contributed by atoms with Crippen molar-refractivity contribution in [3.05, 3.63) is 216 Å². The van der Waals surface area contributed by atoms with Gasteiger partial charge in [0, 0.05) is 20.8 Å². The molecule has 0 spiro atoms. The maximum Gasteiger partial charge on any atom is 0.489 e. The second kappa shape index (κ2) is 18.0. The van der Waals surface area contributed by atoms with Crippen LogP contribution in [0.5, 0.6) is 0 Å². The predicted octanol–water partition coefficient (Wildman–Crippen LogP) is 9.89. The number of methoxy groups -OCH3 is 2. The minimum Gasteiger partial charge on any atom is -0.407 e. The average molecular weight is 787 g/mol. The van der Waals surface area contributed by atoms with Crippen molar-refractivity contribution in [1.29, 1.82) is 0 Å². The molecule has 7 heteroatoms. The van der Waals surface area contributed by atoms with Crippen molar-refractivity contribution in [1.82, 2.24) is 0 Å². The molecule has 7 rings (SSSR count). The predicted molar refractivity (Wildman–Crippen MR) is 239 cm³/mol. The summed E-state index contributed by atoms with van der Waals surface area (Å²) in [5, 5.41) is 2.40. The Labute approximate surface area is 346 Å². The molecule has 1 aliphatic heterocycles. The van der Waals surface area contributed by atoms with E-state index in [1.807, 2.05) is 72.8 Å². The summed E-state index contributed by atoms with van der Waals surface area (Å²) in [6.45, 7) is 12.1. The Bertz CT molecular complexity index is 1960. The SMILES string of the molecule is C=C(CCCO[Si](c1ccccc1)(c1ccccc1)C(C)(C)C)B1O[C@@H](C(OC)(c2ccccc2)c2ccccc2)[C@H](C(OC)(c2ccccc2)c2ccccc2)O1. The van der Waals surface area contributed by atoms with Crippen molar-refractivity contribution in [2.24, 2.45) is 0 Å². The third kappa shape index (κ3) is 7.59. The van der Waals surface area contributed by atoms with Gasteiger partial charge in [-0.25, -0.2) is 0 Å². The summed E-state index contributed by atoms with van der Waals surface area (Å²) in [5.41, 5.74) is 2.41. The first-order chi connectivity index (χ1) is 28.2. The molecule has 1 aliphatic rings. The molecule has 58 heavy (non-hydrogen) atoms. The summed E-state index contributed by atoms with van der Waals surface area (Å²) in [5.74, 6) is 0. The van der Waals surface area contributed by atoms with Gasteiger partial charge in [-0.2, -0.15) is 0 Å². The smallest absolute Gasteiger partial charge is 0.407 e. The third-order valence-electron chi connectivity index (χ3n) is 11.8. The number of ether oxygens (including phenoxy) is 2. The molecule has 6 aromatic rings. The van der Waals surface area contributed by atoms with E-state index >= 15 is 0 Å². The van der Waals surface area contributed by atoms with Crippen LogP contribution in [-0.2, 0) is 34.4 Å². The Kier molecular flexibility index (Phi) is 12.8. The van der Waals surface area contributed by atoms with Gasteiger partial charge >= 0.3 is 7.12 Å². The average Bonchev–Trinajstić information content (AvgIpc) is 3.72. The molecule has 0 amide bonds. The van der Waals surface area contributed by atoms with E-state index in [1.54, 1.807) is 14.2 Å².